The van der Waals surface area contributed by atoms with Crippen molar-refractivity contribution in [2.24, 2.45) is 5.92 Å². The van der Waals surface area contributed by atoms with Crippen LogP contribution in [0, 0.1) is 5.92 Å². The maximum Gasteiger partial charge on any atom is 0.185 e. The van der Waals surface area contributed by atoms with Crippen LogP contribution >= 0.6 is 0 Å². The molecule has 0 amide bonds. The van der Waals surface area contributed by atoms with Gasteiger partial charge in [0.25, 0.3) is 0 Å². The quantitative estimate of drug-likeness (QED) is 0.747. The van der Waals surface area contributed by atoms with Crippen LogP contribution in [-0.4, -0.2) is 35.7 Å². The zero-order valence-electron chi connectivity index (χ0n) is 17.2. The Labute approximate surface area is 173 Å². The van der Waals surface area contributed by atoms with Crippen molar-refractivity contribution in [2.75, 3.05) is 25.4 Å². The van der Waals surface area contributed by atoms with Crippen LogP contribution in [0.1, 0.15) is 55.3 Å². The molecule has 2 aliphatic heterocycles. The number of benzene rings is 2. The SMILES string of the molecule is C[C@@H]1[C@H](CN2CCCCC2)O[C@H](c2cccc(N)c2)O[C@@H]1c1ccc(CO)cc1. The van der Waals surface area contributed by atoms with Crippen molar-refractivity contribution in [3.63, 3.8) is 0 Å². The number of piperidine rings is 1. The van der Waals surface area contributed by atoms with Gasteiger partial charge in [0, 0.05) is 23.7 Å². The summed E-state index contributed by atoms with van der Waals surface area (Å²) in [6, 6.07) is 15.8. The van der Waals surface area contributed by atoms with Crippen molar-refractivity contribution >= 4 is 5.69 Å². The molecular formula is C24H32N2O3. The fourth-order valence-corrected chi connectivity index (χ4v) is 4.43. The fraction of sp³-hybridized carbons (Fsp3) is 0.500. The Morgan fingerprint density at radius 3 is 2.45 bits per heavy atom. The second-order valence-corrected chi connectivity index (χ2v) is 8.35. The number of aliphatic hydroxyl groups is 1. The first-order chi connectivity index (χ1) is 14.1. The number of ether oxygens (including phenoxy) is 2. The highest BCUT2D eigenvalue weighted by Gasteiger charge is 2.39. The van der Waals surface area contributed by atoms with E-state index in [1.165, 1.54) is 19.3 Å². The Bertz CT molecular complexity index is 789. The van der Waals surface area contributed by atoms with E-state index in [4.69, 9.17) is 15.2 Å². The van der Waals surface area contributed by atoms with E-state index in [9.17, 15) is 5.11 Å². The van der Waals surface area contributed by atoms with Gasteiger partial charge in [-0.15, -0.1) is 0 Å². The van der Waals surface area contributed by atoms with E-state index in [0.717, 1.165) is 36.3 Å². The van der Waals surface area contributed by atoms with Crippen LogP contribution in [-0.2, 0) is 16.1 Å². The van der Waals surface area contributed by atoms with Crippen molar-refractivity contribution in [3.05, 3.63) is 65.2 Å². The molecule has 0 aromatic heterocycles. The largest absolute Gasteiger partial charge is 0.399 e. The summed E-state index contributed by atoms with van der Waals surface area (Å²) in [5.74, 6) is 0.217. The Kier molecular flexibility index (Phi) is 6.50. The second-order valence-electron chi connectivity index (χ2n) is 8.35. The summed E-state index contributed by atoms with van der Waals surface area (Å²) in [7, 11) is 0. The molecule has 2 aromatic carbocycles. The van der Waals surface area contributed by atoms with Crippen molar-refractivity contribution < 1.29 is 14.6 Å². The average Bonchev–Trinajstić information content (AvgIpc) is 2.76. The molecule has 4 rings (SSSR count). The molecule has 0 radical (unpaired) electrons. The molecule has 156 valence electrons. The van der Waals surface area contributed by atoms with Gasteiger partial charge in [0.1, 0.15) is 0 Å². The zero-order chi connectivity index (χ0) is 20.2. The standard InChI is InChI=1S/C24H32N2O3/c1-17-22(15-26-12-3-2-4-13-26)28-24(20-6-5-7-21(25)14-20)29-23(17)19-10-8-18(16-27)9-11-19/h5-11,14,17,22-24,27H,2-4,12-13,15-16,25H2,1H3/t17-,22+,23+,24+/m1/s1. The van der Waals surface area contributed by atoms with Crippen molar-refractivity contribution in [1.29, 1.82) is 0 Å². The minimum absolute atomic E-state index is 0.0496. The highest BCUT2D eigenvalue weighted by atomic mass is 16.7. The van der Waals surface area contributed by atoms with Gasteiger partial charge in [-0.25, -0.2) is 0 Å². The van der Waals surface area contributed by atoms with Crippen molar-refractivity contribution in [1.82, 2.24) is 4.90 Å². The molecule has 0 bridgehead atoms. The summed E-state index contributed by atoms with van der Waals surface area (Å²) in [4.78, 5) is 2.53. The third kappa shape index (κ3) is 4.81. The smallest absolute Gasteiger partial charge is 0.185 e. The minimum Gasteiger partial charge on any atom is -0.399 e. The maximum atomic E-state index is 9.36. The maximum absolute atomic E-state index is 9.36. The van der Waals surface area contributed by atoms with Crippen LogP contribution in [0.3, 0.4) is 0 Å². The van der Waals surface area contributed by atoms with E-state index in [0.29, 0.717) is 5.69 Å². The topological polar surface area (TPSA) is 68.0 Å². The molecule has 2 heterocycles. The van der Waals surface area contributed by atoms with Gasteiger partial charge in [0.15, 0.2) is 6.29 Å². The number of anilines is 1. The molecule has 2 saturated heterocycles. The van der Waals surface area contributed by atoms with Gasteiger partial charge in [0.2, 0.25) is 0 Å². The number of rotatable bonds is 5. The Hall–Kier alpha value is -1.92. The molecule has 2 aliphatic rings. The first kappa shape index (κ1) is 20.4. The summed E-state index contributed by atoms with van der Waals surface area (Å²) >= 11 is 0. The first-order valence-corrected chi connectivity index (χ1v) is 10.7. The van der Waals surface area contributed by atoms with Crippen LogP contribution in [0.2, 0.25) is 0 Å². The molecule has 4 atom stereocenters. The summed E-state index contributed by atoms with van der Waals surface area (Å²) < 4.78 is 12.9. The monoisotopic (exact) mass is 396 g/mol. The van der Waals surface area contributed by atoms with Gasteiger partial charge in [-0.05, 0) is 49.2 Å². The van der Waals surface area contributed by atoms with Gasteiger partial charge in [0.05, 0.1) is 18.8 Å². The Morgan fingerprint density at radius 2 is 1.76 bits per heavy atom. The number of nitrogens with two attached hydrogens (primary N) is 1. The van der Waals surface area contributed by atoms with E-state index >= 15 is 0 Å². The number of hydrogen-bond donors (Lipinski definition) is 2. The van der Waals surface area contributed by atoms with Gasteiger partial charge in [-0.2, -0.15) is 0 Å². The van der Waals surface area contributed by atoms with E-state index in [1.54, 1.807) is 0 Å². The van der Waals surface area contributed by atoms with Crippen molar-refractivity contribution in [3.8, 4) is 0 Å². The zero-order valence-corrected chi connectivity index (χ0v) is 17.2. The lowest BCUT2D eigenvalue weighted by Crippen LogP contribution is -2.45. The van der Waals surface area contributed by atoms with Crippen molar-refractivity contribution in [2.45, 2.75) is 51.3 Å². The molecule has 29 heavy (non-hydrogen) atoms. The van der Waals surface area contributed by atoms with E-state index in [-0.39, 0.29) is 24.7 Å². The van der Waals surface area contributed by atoms with Crippen LogP contribution < -0.4 is 5.73 Å². The van der Waals surface area contributed by atoms with E-state index < -0.39 is 6.29 Å². The number of nitrogens with zero attached hydrogens (tertiary/aromatic N) is 1. The predicted octanol–water partition coefficient (Wildman–Crippen LogP) is 4.04. The third-order valence-corrected chi connectivity index (χ3v) is 6.19. The molecule has 2 fully saturated rings. The number of likely N-dealkylation sites (tertiary alicyclic amines) is 1. The van der Waals surface area contributed by atoms with Gasteiger partial charge in [-0.3, -0.25) is 0 Å². The van der Waals surface area contributed by atoms with Crippen LogP contribution in [0.25, 0.3) is 0 Å². The Morgan fingerprint density at radius 1 is 1.00 bits per heavy atom. The third-order valence-electron chi connectivity index (χ3n) is 6.19. The normalized spacial score (nSPS) is 28.3. The van der Waals surface area contributed by atoms with Crippen LogP contribution in [0.5, 0.6) is 0 Å². The molecular weight excluding hydrogens is 364 g/mol. The van der Waals surface area contributed by atoms with Gasteiger partial charge in [-0.1, -0.05) is 49.7 Å². The average molecular weight is 397 g/mol. The number of hydrogen-bond acceptors (Lipinski definition) is 5. The molecule has 0 unspecified atom stereocenters. The minimum atomic E-state index is -0.438. The predicted molar refractivity (Wildman–Crippen MR) is 114 cm³/mol. The first-order valence-electron chi connectivity index (χ1n) is 10.7. The molecule has 2 aromatic rings. The fourth-order valence-electron chi connectivity index (χ4n) is 4.43. The Balaban J connectivity index is 1.59. The highest BCUT2D eigenvalue weighted by molar-refractivity contribution is 5.41. The highest BCUT2D eigenvalue weighted by Crippen LogP contribution is 2.42. The molecule has 0 saturated carbocycles. The molecule has 0 aliphatic carbocycles. The molecule has 0 spiro atoms. The van der Waals surface area contributed by atoms with Crippen LogP contribution in [0.4, 0.5) is 5.69 Å². The van der Waals surface area contributed by atoms with E-state index in [2.05, 4.69) is 24.0 Å². The second kappa shape index (κ2) is 9.26. The summed E-state index contributed by atoms with van der Waals surface area (Å²) in [6.45, 7) is 5.48. The molecule has 3 N–H and O–H groups in total. The molecule has 5 nitrogen and oxygen atoms in total. The molecule has 5 heteroatoms. The van der Waals surface area contributed by atoms with Crippen LogP contribution in [0.15, 0.2) is 48.5 Å². The van der Waals surface area contributed by atoms with Gasteiger partial charge >= 0.3 is 0 Å². The lowest BCUT2D eigenvalue weighted by Gasteiger charge is -2.43. The van der Waals surface area contributed by atoms with E-state index in [1.807, 2.05) is 36.4 Å². The summed E-state index contributed by atoms with van der Waals surface area (Å²) in [6.07, 6.45) is 3.43. The lowest BCUT2D eigenvalue weighted by atomic mass is 9.89. The number of nitrogen functional groups attached to an aromatic ring is 1. The lowest BCUT2D eigenvalue weighted by molar-refractivity contribution is -0.276. The van der Waals surface area contributed by atoms with Gasteiger partial charge < -0.3 is 25.2 Å². The number of aliphatic hydroxyl groups excluding tert-OH is 1. The summed E-state index contributed by atoms with van der Waals surface area (Å²) in [5.41, 5.74) is 9.71. The summed E-state index contributed by atoms with van der Waals surface area (Å²) in [5, 5.41) is 9.36.